The van der Waals surface area contributed by atoms with Gasteiger partial charge in [-0.05, 0) is 25.5 Å². The first-order valence-electron chi connectivity index (χ1n) is 6.42. The Balaban J connectivity index is 1.93. The molecule has 2 heterocycles. The molecular formula is C13H17N5O2. The molecule has 7 heteroatoms. The number of carbonyl (C=O) groups is 1. The number of nitrogen functional groups attached to an aromatic ring is 1. The van der Waals surface area contributed by atoms with E-state index in [1.54, 1.807) is 19.1 Å². The summed E-state index contributed by atoms with van der Waals surface area (Å²) in [5, 5.41) is 6.47. The van der Waals surface area contributed by atoms with Gasteiger partial charge in [-0.25, -0.2) is 4.98 Å². The van der Waals surface area contributed by atoms with Crippen molar-refractivity contribution in [1.82, 2.24) is 20.4 Å². The summed E-state index contributed by atoms with van der Waals surface area (Å²) < 4.78 is 4.97. The Morgan fingerprint density at radius 1 is 1.40 bits per heavy atom. The zero-order valence-corrected chi connectivity index (χ0v) is 11.5. The summed E-state index contributed by atoms with van der Waals surface area (Å²) in [4.78, 5) is 20.2. The Morgan fingerprint density at radius 3 is 2.85 bits per heavy atom. The van der Waals surface area contributed by atoms with Crippen LogP contribution < -0.4 is 11.1 Å². The Kier molecular flexibility index (Phi) is 4.29. The van der Waals surface area contributed by atoms with Gasteiger partial charge in [0.25, 0.3) is 5.91 Å². The van der Waals surface area contributed by atoms with Crippen molar-refractivity contribution in [1.29, 1.82) is 0 Å². The summed E-state index contributed by atoms with van der Waals surface area (Å²) in [6, 6.07) is 3.30. The normalized spacial score (nSPS) is 10.5. The quantitative estimate of drug-likeness (QED) is 0.839. The minimum Gasteiger partial charge on any atom is -0.384 e. The van der Waals surface area contributed by atoms with E-state index in [0.717, 1.165) is 12.1 Å². The largest absolute Gasteiger partial charge is 0.384 e. The molecule has 0 spiro atoms. The SMILES string of the molecule is CCc1cc(C(=O)NCCc2nc(C)no2)cc(N)n1. The van der Waals surface area contributed by atoms with Gasteiger partial charge in [-0.2, -0.15) is 4.98 Å². The smallest absolute Gasteiger partial charge is 0.251 e. The van der Waals surface area contributed by atoms with Crippen LogP contribution in [0.1, 0.15) is 34.7 Å². The highest BCUT2D eigenvalue weighted by molar-refractivity contribution is 5.94. The fourth-order valence-corrected chi connectivity index (χ4v) is 1.75. The monoisotopic (exact) mass is 275 g/mol. The van der Waals surface area contributed by atoms with E-state index in [2.05, 4.69) is 20.4 Å². The Bertz CT molecular complexity index is 609. The average molecular weight is 275 g/mol. The Labute approximate surface area is 116 Å². The van der Waals surface area contributed by atoms with Crippen molar-refractivity contribution in [3.8, 4) is 0 Å². The molecule has 3 N–H and O–H groups in total. The molecule has 0 bridgehead atoms. The number of anilines is 1. The average Bonchev–Trinajstić information content (AvgIpc) is 2.83. The standard InChI is InChI=1S/C13H17N5O2/c1-3-10-6-9(7-11(14)17-10)13(19)15-5-4-12-16-8(2)18-20-12/h6-7H,3-5H2,1-2H3,(H2,14,17)(H,15,19). The molecule has 2 aromatic rings. The second kappa shape index (κ2) is 6.14. The minimum absolute atomic E-state index is 0.190. The molecular weight excluding hydrogens is 258 g/mol. The highest BCUT2D eigenvalue weighted by Gasteiger charge is 2.09. The third-order valence-electron chi connectivity index (χ3n) is 2.72. The van der Waals surface area contributed by atoms with Crippen LogP contribution in [0.15, 0.2) is 16.7 Å². The van der Waals surface area contributed by atoms with Crippen molar-refractivity contribution in [3.05, 3.63) is 35.1 Å². The van der Waals surface area contributed by atoms with E-state index < -0.39 is 0 Å². The maximum atomic E-state index is 12.0. The zero-order valence-electron chi connectivity index (χ0n) is 11.5. The fourth-order valence-electron chi connectivity index (χ4n) is 1.75. The topological polar surface area (TPSA) is 107 Å². The van der Waals surface area contributed by atoms with Gasteiger partial charge in [-0.15, -0.1) is 0 Å². The van der Waals surface area contributed by atoms with Gasteiger partial charge in [0.1, 0.15) is 5.82 Å². The number of nitrogens with two attached hydrogens (primary N) is 1. The first-order chi connectivity index (χ1) is 9.58. The van der Waals surface area contributed by atoms with Crippen molar-refractivity contribution in [3.63, 3.8) is 0 Å². The summed E-state index contributed by atoms with van der Waals surface area (Å²) >= 11 is 0. The molecule has 0 saturated carbocycles. The maximum absolute atomic E-state index is 12.0. The van der Waals surface area contributed by atoms with Gasteiger partial charge in [0, 0.05) is 24.2 Å². The van der Waals surface area contributed by atoms with Crippen molar-refractivity contribution < 1.29 is 9.32 Å². The lowest BCUT2D eigenvalue weighted by Gasteiger charge is -2.06. The molecule has 106 valence electrons. The summed E-state index contributed by atoms with van der Waals surface area (Å²) in [6.45, 7) is 4.13. The van der Waals surface area contributed by atoms with Crippen LogP contribution in [0.5, 0.6) is 0 Å². The van der Waals surface area contributed by atoms with Gasteiger partial charge in [0.05, 0.1) is 0 Å². The number of nitrogens with zero attached hydrogens (tertiary/aromatic N) is 3. The summed E-state index contributed by atoms with van der Waals surface area (Å²) in [6.07, 6.45) is 1.22. The summed E-state index contributed by atoms with van der Waals surface area (Å²) in [5.41, 5.74) is 6.98. The van der Waals surface area contributed by atoms with Crippen molar-refractivity contribution in [2.75, 3.05) is 12.3 Å². The lowest BCUT2D eigenvalue weighted by atomic mass is 10.2. The number of nitrogens with one attached hydrogen (secondary N) is 1. The van der Waals surface area contributed by atoms with Gasteiger partial charge in [0.2, 0.25) is 5.89 Å². The molecule has 2 aromatic heterocycles. The molecule has 0 aliphatic heterocycles. The Morgan fingerprint density at radius 2 is 2.20 bits per heavy atom. The molecule has 2 rings (SSSR count). The van der Waals surface area contributed by atoms with Crippen LogP contribution in [0.25, 0.3) is 0 Å². The van der Waals surface area contributed by atoms with Gasteiger partial charge in [0.15, 0.2) is 5.82 Å². The highest BCUT2D eigenvalue weighted by atomic mass is 16.5. The van der Waals surface area contributed by atoms with E-state index in [4.69, 9.17) is 10.3 Å². The van der Waals surface area contributed by atoms with Crippen LogP contribution in [0.3, 0.4) is 0 Å². The van der Waals surface area contributed by atoms with Crippen LogP contribution in [-0.2, 0) is 12.8 Å². The van der Waals surface area contributed by atoms with Crippen molar-refractivity contribution in [2.45, 2.75) is 26.7 Å². The van der Waals surface area contributed by atoms with E-state index in [1.807, 2.05) is 6.92 Å². The maximum Gasteiger partial charge on any atom is 0.251 e. The molecule has 0 saturated heterocycles. The summed E-state index contributed by atoms with van der Waals surface area (Å²) in [5.74, 6) is 1.25. The number of amides is 1. The molecule has 20 heavy (non-hydrogen) atoms. The van der Waals surface area contributed by atoms with Gasteiger partial charge in [-0.3, -0.25) is 4.79 Å². The number of aromatic nitrogens is 3. The number of aryl methyl sites for hydroxylation is 2. The van der Waals surface area contributed by atoms with Crippen molar-refractivity contribution >= 4 is 11.7 Å². The van der Waals surface area contributed by atoms with E-state index in [0.29, 0.717) is 36.1 Å². The molecule has 0 aromatic carbocycles. The minimum atomic E-state index is -0.190. The molecule has 0 radical (unpaired) electrons. The van der Waals surface area contributed by atoms with Crippen LogP contribution in [-0.4, -0.2) is 27.6 Å². The fraction of sp³-hybridized carbons (Fsp3) is 0.385. The second-order valence-electron chi connectivity index (χ2n) is 4.37. The predicted octanol–water partition coefficient (Wildman–Crippen LogP) is 0.890. The van der Waals surface area contributed by atoms with Crippen LogP contribution in [0, 0.1) is 6.92 Å². The molecule has 1 amide bonds. The molecule has 0 atom stereocenters. The first kappa shape index (κ1) is 14.0. The number of hydrogen-bond donors (Lipinski definition) is 2. The van der Waals surface area contributed by atoms with E-state index in [1.165, 1.54) is 0 Å². The van der Waals surface area contributed by atoms with E-state index >= 15 is 0 Å². The summed E-state index contributed by atoms with van der Waals surface area (Å²) in [7, 11) is 0. The third kappa shape index (κ3) is 3.53. The highest BCUT2D eigenvalue weighted by Crippen LogP contribution is 2.08. The molecule has 0 aliphatic rings. The number of rotatable bonds is 5. The van der Waals surface area contributed by atoms with Gasteiger partial charge >= 0.3 is 0 Å². The lowest BCUT2D eigenvalue weighted by molar-refractivity contribution is 0.0953. The van der Waals surface area contributed by atoms with E-state index in [9.17, 15) is 4.79 Å². The molecule has 7 nitrogen and oxygen atoms in total. The van der Waals surface area contributed by atoms with Crippen molar-refractivity contribution in [2.24, 2.45) is 0 Å². The zero-order chi connectivity index (χ0) is 14.5. The predicted molar refractivity (Wildman–Crippen MR) is 73.1 cm³/mol. The first-order valence-corrected chi connectivity index (χ1v) is 6.42. The van der Waals surface area contributed by atoms with Crippen LogP contribution in [0.4, 0.5) is 5.82 Å². The lowest BCUT2D eigenvalue weighted by Crippen LogP contribution is -2.26. The third-order valence-corrected chi connectivity index (χ3v) is 2.72. The number of pyridine rings is 1. The molecule has 0 fully saturated rings. The number of hydrogen-bond acceptors (Lipinski definition) is 6. The Hall–Kier alpha value is -2.44. The van der Waals surface area contributed by atoms with Gasteiger partial charge in [-0.1, -0.05) is 12.1 Å². The van der Waals surface area contributed by atoms with Gasteiger partial charge < -0.3 is 15.6 Å². The number of carbonyl (C=O) groups excluding carboxylic acids is 1. The second-order valence-corrected chi connectivity index (χ2v) is 4.37. The van der Waals surface area contributed by atoms with E-state index in [-0.39, 0.29) is 5.91 Å². The van der Waals surface area contributed by atoms with Crippen LogP contribution in [0.2, 0.25) is 0 Å². The molecule has 0 unspecified atom stereocenters. The van der Waals surface area contributed by atoms with Crippen LogP contribution >= 0.6 is 0 Å². The molecule has 0 aliphatic carbocycles.